The molecule has 1 aromatic rings. The van der Waals surface area contributed by atoms with E-state index in [1.165, 1.54) is 12.3 Å². The first-order valence-corrected chi connectivity index (χ1v) is 6.43. The lowest BCUT2D eigenvalue weighted by Gasteiger charge is -2.19. The molecule has 0 spiro atoms. The van der Waals surface area contributed by atoms with Crippen molar-refractivity contribution in [1.82, 2.24) is 10.3 Å². The molecule has 0 aliphatic heterocycles. The maximum absolute atomic E-state index is 11.4. The van der Waals surface area contributed by atoms with Gasteiger partial charge in [-0.3, -0.25) is 15.1 Å². The van der Waals surface area contributed by atoms with E-state index in [0.29, 0.717) is 11.3 Å². The van der Waals surface area contributed by atoms with E-state index in [9.17, 15) is 14.9 Å². The third-order valence-corrected chi connectivity index (χ3v) is 2.35. The van der Waals surface area contributed by atoms with E-state index in [-0.39, 0.29) is 12.2 Å². The SMILES string of the molecule is Cc1ncc(C=CCNC(=O)OC(C)(C)C)cc1[N+](=O)[O-]. The number of rotatable bonds is 4. The fraction of sp³-hybridized carbons (Fsp3) is 0.429. The molecule has 0 aromatic carbocycles. The molecule has 0 radical (unpaired) electrons. The van der Waals surface area contributed by atoms with Crippen LogP contribution in [0.4, 0.5) is 10.5 Å². The number of alkyl carbamates (subject to hydrolysis) is 1. The number of carbonyl (C=O) groups excluding carboxylic acids is 1. The van der Waals surface area contributed by atoms with Crippen LogP contribution in [0.25, 0.3) is 6.08 Å². The van der Waals surface area contributed by atoms with Gasteiger partial charge in [-0.2, -0.15) is 0 Å². The summed E-state index contributed by atoms with van der Waals surface area (Å²) < 4.78 is 5.07. The van der Waals surface area contributed by atoms with E-state index in [1.54, 1.807) is 39.8 Å². The molecule has 114 valence electrons. The van der Waals surface area contributed by atoms with E-state index in [2.05, 4.69) is 10.3 Å². The van der Waals surface area contributed by atoms with Gasteiger partial charge in [-0.25, -0.2) is 4.79 Å². The number of pyridine rings is 1. The predicted molar refractivity (Wildman–Crippen MR) is 78.9 cm³/mol. The lowest BCUT2D eigenvalue weighted by molar-refractivity contribution is -0.385. The highest BCUT2D eigenvalue weighted by Crippen LogP contribution is 2.17. The molecule has 0 bridgehead atoms. The first kappa shape index (κ1) is 16.6. The number of aromatic nitrogens is 1. The van der Waals surface area contributed by atoms with Crippen LogP contribution in [0.2, 0.25) is 0 Å². The molecule has 21 heavy (non-hydrogen) atoms. The molecule has 1 heterocycles. The highest BCUT2D eigenvalue weighted by molar-refractivity contribution is 5.68. The fourth-order valence-corrected chi connectivity index (χ4v) is 1.46. The molecule has 0 aliphatic rings. The number of nitrogens with zero attached hydrogens (tertiary/aromatic N) is 2. The largest absolute Gasteiger partial charge is 0.444 e. The molecule has 1 rings (SSSR count). The van der Waals surface area contributed by atoms with Crippen molar-refractivity contribution in [2.24, 2.45) is 0 Å². The average molecular weight is 293 g/mol. The molecule has 0 saturated heterocycles. The first-order valence-electron chi connectivity index (χ1n) is 6.43. The number of ether oxygens (including phenoxy) is 1. The van der Waals surface area contributed by atoms with Crippen LogP contribution in [-0.2, 0) is 4.74 Å². The van der Waals surface area contributed by atoms with Gasteiger partial charge in [0.15, 0.2) is 0 Å². The molecule has 1 aromatic heterocycles. The predicted octanol–water partition coefficient (Wildman–Crippen LogP) is 2.84. The second-order valence-corrected chi connectivity index (χ2v) is 5.42. The Balaban J connectivity index is 2.56. The van der Waals surface area contributed by atoms with Crippen LogP contribution in [0.3, 0.4) is 0 Å². The highest BCUT2D eigenvalue weighted by Gasteiger charge is 2.15. The Hall–Kier alpha value is -2.44. The minimum atomic E-state index is -0.546. The second kappa shape index (κ2) is 6.83. The summed E-state index contributed by atoms with van der Waals surface area (Å²) in [7, 11) is 0. The highest BCUT2D eigenvalue weighted by atomic mass is 16.6. The monoisotopic (exact) mass is 293 g/mol. The number of nitro groups is 1. The smallest absolute Gasteiger partial charge is 0.407 e. The van der Waals surface area contributed by atoms with Gasteiger partial charge in [0.05, 0.1) is 4.92 Å². The van der Waals surface area contributed by atoms with E-state index in [0.717, 1.165) is 0 Å². The Kier molecular flexibility index (Phi) is 5.40. The van der Waals surface area contributed by atoms with Crippen molar-refractivity contribution in [2.75, 3.05) is 6.54 Å². The zero-order chi connectivity index (χ0) is 16.0. The summed E-state index contributed by atoms with van der Waals surface area (Å²) in [5, 5.41) is 13.3. The average Bonchev–Trinajstić information content (AvgIpc) is 2.34. The summed E-state index contributed by atoms with van der Waals surface area (Å²) in [5.74, 6) is 0. The zero-order valence-corrected chi connectivity index (χ0v) is 12.5. The number of carbonyl (C=O) groups is 1. The minimum Gasteiger partial charge on any atom is -0.444 e. The molecular weight excluding hydrogens is 274 g/mol. The van der Waals surface area contributed by atoms with Crippen LogP contribution >= 0.6 is 0 Å². The van der Waals surface area contributed by atoms with E-state index < -0.39 is 16.6 Å². The third-order valence-electron chi connectivity index (χ3n) is 2.35. The van der Waals surface area contributed by atoms with E-state index in [1.807, 2.05) is 0 Å². The molecule has 0 unspecified atom stereocenters. The van der Waals surface area contributed by atoms with Gasteiger partial charge < -0.3 is 10.1 Å². The van der Waals surface area contributed by atoms with Gasteiger partial charge in [-0.1, -0.05) is 12.2 Å². The number of hydrogen-bond acceptors (Lipinski definition) is 5. The van der Waals surface area contributed by atoms with Crippen molar-refractivity contribution in [1.29, 1.82) is 0 Å². The maximum Gasteiger partial charge on any atom is 0.407 e. The maximum atomic E-state index is 11.4. The van der Waals surface area contributed by atoms with Crippen LogP contribution in [0.5, 0.6) is 0 Å². The minimum absolute atomic E-state index is 0.0303. The number of aryl methyl sites for hydroxylation is 1. The van der Waals surface area contributed by atoms with Gasteiger partial charge in [0.25, 0.3) is 5.69 Å². The standard InChI is InChI=1S/C14H19N3O4/c1-10-12(17(19)20)8-11(9-16-10)6-5-7-15-13(18)21-14(2,3)4/h5-6,8-9H,7H2,1-4H3,(H,15,18). The van der Waals surface area contributed by atoms with Gasteiger partial charge in [-0.05, 0) is 33.3 Å². The van der Waals surface area contributed by atoms with E-state index in [4.69, 9.17) is 4.74 Å². The van der Waals surface area contributed by atoms with Crippen LogP contribution in [0.15, 0.2) is 18.3 Å². The van der Waals surface area contributed by atoms with Crippen molar-refractivity contribution in [3.8, 4) is 0 Å². The molecule has 0 aliphatic carbocycles. The Labute approximate surface area is 123 Å². The quantitative estimate of drug-likeness (QED) is 0.680. The fourth-order valence-electron chi connectivity index (χ4n) is 1.46. The number of amides is 1. The molecule has 0 saturated carbocycles. The van der Waals surface area contributed by atoms with Crippen LogP contribution in [0, 0.1) is 17.0 Å². The summed E-state index contributed by atoms with van der Waals surface area (Å²) in [6.45, 7) is 7.17. The van der Waals surface area contributed by atoms with Crippen molar-refractivity contribution in [3.63, 3.8) is 0 Å². The normalized spacial score (nSPS) is 11.4. The molecule has 1 amide bonds. The Morgan fingerprint density at radius 2 is 2.19 bits per heavy atom. The summed E-state index contributed by atoms with van der Waals surface area (Å²) >= 11 is 0. The van der Waals surface area contributed by atoms with Crippen LogP contribution in [-0.4, -0.2) is 28.1 Å². The molecule has 7 nitrogen and oxygen atoms in total. The molecular formula is C14H19N3O4. The molecule has 1 N–H and O–H groups in total. The molecule has 0 fully saturated rings. The Bertz CT molecular complexity index is 562. The second-order valence-electron chi connectivity index (χ2n) is 5.42. The topological polar surface area (TPSA) is 94.4 Å². The Morgan fingerprint density at radius 3 is 2.76 bits per heavy atom. The van der Waals surface area contributed by atoms with Gasteiger partial charge in [0, 0.05) is 18.8 Å². The lowest BCUT2D eigenvalue weighted by atomic mass is 10.2. The zero-order valence-electron chi connectivity index (χ0n) is 12.5. The number of nitrogens with one attached hydrogen (secondary N) is 1. The van der Waals surface area contributed by atoms with E-state index >= 15 is 0 Å². The first-order chi connectivity index (χ1) is 9.69. The van der Waals surface area contributed by atoms with Gasteiger partial charge in [0.1, 0.15) is 11.3 Å². The summed E-state index contributed by atoms with van der Waals surface area (Å²) in [5.41, 5.74) is 0.384. The van der Waals surface area contributed by atoms with Crippen molar-refractivity contribution in [3.05, 3.63) is 39.7 Å². The van der Waals surface area contributed by atoms with Crippen molar-refractivity contribution in [2.45, 2.75) is 33.3 Å². The van der Waals surface area contributed by atoms with Crippen molar-refractivity contribution < 1.29 is 14.5 Å². The van der Waals surface area contributed by atoms with Gasteiger partial charge in [-0.15, -0.1) is 0 Å². The molecule has 0 atom stereocenters. The molecule has 7 heteroatoms. The Morgan fingerprint density at radius 1 is 1.52 bits per heavy atom. The van der Waals surface area contributed by atoms with Crippen molar-refractivity contribution >= 4 is 17.9 Å². The summed E-state index contributed by atoms with van der Waals surface area (Å²) in [6.07, 6.45) is 4.34. The third kappa shape index (κ3) is 6.03. The van der Waals surface area contributed by atoms with Gasteiger partial charge in [0.2, 0.25) is 0 Å². The van der Waals surface area contributed by atoms with Crippen LogP contribution < -0.4 is 5.32 Å². The van der Waals surface area contributed by atoms with Crippen LogP contribution in [0.1, 0.15) is 32.0 Å². The summed E-state index contributed by atoms with van der Waals surface area (Å²) in [4.78, 5) is 25.7. The summed E-state index contributed by atoms with van der Waals surface area (Å²) in [6, 6.07) is 1.44. The van der Waals surface area contributed by atoms with Gasteiger partial charge >= 0.3 is 6.09 Å². The number of hydrogen-bond donors (Lipinski definition) is 1. The lowest BCUT2D eigenvalue weighted by Crippen LogP contribution is -2.32.